The van der Waals surface area contributed by atoms with Gasteiger partial charge in [-0.25, -0.2) is 4.98 Å². The SMILES string of the molecule is COc1ccc(CNc2cc3c4c(ccn3C)c[nH+]c4c2=O)cc1.O=C([O-])C(F)(F)F. The number of aliphatic carboxylic acids is 1. The fourth-order valence-corrected chi connectivity index (χ4v) is 3.06. The Bertz CT molecular complexity index is 1270. The van der Waals surface area contributed by atoms with Crippen LogP contribution in [0.2, 0.25) is 0 Å². The van der Waals surface area contributed by atoms with Crippen molar-refractivity contribution in [3.63, 3.8) is 0 Å². The average Bonchev–Trinajstić information content (AvgIpc) is 3.17. The summed E-state index contributed by atoms with van der Waals surface area (Å²) in [6.45, 7) is 0.581. The van der Waals surface area contributed by atoms with Gasteiger partial charge in [-0.3, -0.25) is 4.79 Å². The van der Waals surface area contributed by atoms with E-state index in [4.69, 9.17) is 14.6 Å². The van der Waals surface area contributed by atoms with E-state index in [9.17, 15) is 18.0 Å². The summed E-state index contributed by atoms with van der Waals surface area (Å²) in [6, 6.07) is 11.7. The third-order valence-corrected chi connectivity index (χ3v) is 4.65. The normalized spacial score (nSPS) is 11.3. The predicted molar refractivity (Wildman–Crippen MR) is 106 cm³/mol. The highest BCUT2D eigenvalue weighted by atomic mass is 19.4. The van der Waals surface area contributed by atoms with Crippen molar-refractivity contribution in [2.45, 2.75) is 12.7 Å². The number of nitrogens with one attached hydrogen (secondary N) is 2. The summed E-state index contributed by atoms with van der Waals surface area (Å²) in [5.41, 5.74) is 3.36. The summed E-state index contributed by atoms with van der Waals surface area (Å²) in [7, 11) is 3.63. The van der Waals surface area contributed by atoms with Gasteiger partial charge in [0.15, 0.2) is 6.20 Å². The molecule has 0 saturated carbocycles. The van der Waals surface area contributed by atoms with Gasteiger partial charge < -0.3 is 24.5 Å². The highest BCUT2D eigenvalue weighted by Crippen LogP contribution is 2.24. The van der Waals surface area contributed by atoms with Crippen LogP contribution >= 0.6 is 0 Å². The summed E-state index contributed by atoms with van der Waals surface area (Å²) < 4.78 is 38.7. The van der Waals surface area contributed by atoms with Crippen molar-refractivity contribution in [1.29, 1.82) is 0 Å². The number of H-pyrrole nitrogens is 1. The van der Waals surface area contributed by atoms with Crippen LogP contribution in [0, 0.1) is 0 Å². The molecule has 0 amide bonds. The van der Waals surface area contributed by atoms with E-state index in [0.29, 0.717) is 17.7 Å². The van der Waals surface area contributed by atoms with Gasteiger partial charge in [0.1, 0.15) is 11.7 Å². The van der Waals surface area contributed by atoms with Crippen molar-refractivity contribution in [3.05, 3.63) is 64.6 Å². The molecule has 162 valence electrons. The van der Waals surface area contributed by atoms with Gasteiger partial charge in [0.25, 0.3) is 10.9 Å². The highest BCUT2D eigenvalue weighted by Gasteiger charge is 2.28. The maximum absolute atomic E-state index is 12.7. The Hall–Kier alpha value is -3.82. The Morgan fingerprint density at radius 2 is 1.87 bits per heavy atom. The second kappa shape index (κ2) is 8.50. The van der Waals surface area contributed by atoms with Gasteiger partial charge in [0.05, 0.1) is 29.1 Å². The number of aryl methyl sites for hydroxylation is 1. The number of aromatic nitrogens is 2. The van der Waals surface area contributed by atoms with E-state index in [-0.39, 0.29) is 5.43 Å². The van der Waals surface area contributed by atoms with Gasteiger partial charge in [-0.1, -0.05) is 12.1 Å². The van der Waals surface area contributed by atoms with Gasteiger partial charge in [-0.05, 0) is 29.8 Å². The molecule has 0 spiro atoms. The number of nitrogens with zero attached hydrogens (tertiary/aromatic N) is 1. The van der Waals surface area contributed by atoms with E-state index in [1.54, 1.807) is 7.11 Å². The molecule has 7 nitrogen and oxygen atoms in total. The zero-order chi connectivity index (χ0) is 22.8. The van der Waals surface area contributed by atoms with Crippen LogP contribution in [0.25, 0.3) is 21.8 Å². The van der Waals surface area contributed by atoms with Crippen molar-refractivity contribution in [1.82, 2.24) is 4.57 Å². The van der Waals surface area contributed by atoms with Gasteiger partial charge in [-0.15, -0.1) is 0 Å². The van der Waals surface area contributed by atoms with Crippen molar-refractivity contribution in [2.24, 2.45) is 7.05 Å². The number of carboxylic acids is 1. The van der Waals surface area contributed by atoms with Crippen LogP contribution < -0.4 is 25.6 Å². The molecule has 2 aromatic carbocycles. The molecule has 2 heterocycles. The first kappa shape index (κ1) is 21.9. The lowest BCUT2D eigenvalue weighted by Gasteiger charge is -2.09. The third kappa shape index (κ3) is 4.68. The Kier molecular flexibility index (Phi) is 6.00. The zero-order valence-corrected chi connectivity index (χ0v) is 16.5. The minimum absolute atomic E-state index is 0.00258. The summed E-state index contributed by atoms with van der Waals surface area (Å²) >= 11 is 0. The molecule has 0 aliphatic heterocycles. The minimum Gasteiger partial charge on any atom is -0.542 e. The number of anilines is 1. The molecule has 0 aliphatic carbocycles. The predicted octanol–water partition coefficient (Wildman–Crippen LogP) is 1.86. The number of aromatic amines is 1. The number of benzene rings is 2. The van der Waals surface area contributed by atoms with Crippen molar-refractivity contribution >= 4 is 33.5 Å². The number of hydrogen-bond acceptors (Lipinski definition) is 5. The van der Waals surface area contributed by atoms with Gasteiger partial charge in [-0.2, -0.15) is 13.2 Å². The summed E-state index contributed by atoms with van der Waals surface area (Å²) in [5.74, 6) is -2.19. The fourth-order valence-electron chi connectivity index (χ4n) is 3.06. The summed E-state index contributed by atoms with van der Waals surface area (Å²) in [6.07, 6.45) is -1.31. The lowest BCUT2D eigenvalue weighted by molar-refractivity contribution is -0.344. The Labute approximate surface area is 174 Å². The van der Waals surface area contributed by atoms with Crippen LogP contribution in [0.5, 0.6) is 5.75 Å². The van der Waals surface area contributed by atoms with E-state index >= 15 is 0 Å². The number of carbonyl (C=O) groups is 1. The molecule has 2 N–H and O–H groups in total. The molecule has 31 heavy (non-hydrogen) atoms. The number of ether oxygens (including phenoxy) is 1. The number of methoxy groups -OCH3 is 1. The maximum atomic E-state index is 12.7. The van der Waals surface area contributed by atoms with E-state index in [0.717, 1.165) is 27.6 Å². The van der Waals surface area contributed by atoms with Crippen LogP contribution in [0.1, 0.15) is 5.56 Å². The second-order valence-electron chi connectivity index (χ2n) is 6.68. The molecule has 0 aliphatic rings. The van der Waals surface area contributed by atoms with E-state index in [2.05, 4.69) is 10.3 Å². The molecule has 0 fully saturated rings. The molecule has 0 radical (unpaired) electrons. The lowest BCUT2D eigenvalue weighted by Crippen LogP contribution is -2.37. The Balaban J connectivity index is 0.000000339. The Morgan fingerprint density at radius 3 is 2.45 bits per heavy atom. The smallest absolute Gasteiger partial charge is 0.430 e. The van der Waals surface area contributed by atoms with Crippen LogP contribution in [0.3, 0.4) is 0 Å². The molecule has 4 aromatic rings. The van der Waals surface area contributed by atoms with Gasteiger partial charge in [0.2, 0.25) is 0 Å². The number of rotatable bonds is 4. The first-order valence-electron chi connectivity index (χ1n) is 9.03. The second-order valence-corrected chi connectivity index (χ2v) is 6.68. The van der Waals surface area contributed by atoms with Crippen LogP contribution in [0.4, 0.5) is 18.9 Å². The van der Waals surface area contributed by atoms with Crippen molar-refractivity contribution in [2.75, 3.05) is 12.4 Å². The molecule has 4 rings (SSSR count). The average molecular weight is 433 g/mol. The first-order chi connectivity index (χ1) is 14.6. The monoisotopic (exact) mass is 433 g/mol. The van der Waals surface area contributed by atoms with Crippen LogP contribution in [-0.2, 0) is 18.4 Å². The third-order valence-electron chi connectivity index (χ3n) is 4.65. The fraction of sp³-hybridized carbons (Fsp3) is 0.190. The molecule has 0 atom stereocenters. The largest absolute Gasteiger partial charge is 0.542 e. The quantitative estimate of drug-likeness (QED) is 0.530. The van der Waals surface area contributed by atoms with Gasteiger partial charge in [0, 0.05) is 19.8 Å². The topological polar surface area (TPSA) is 97.5 Å². The zero-order valence-electron chi connectivity index (χ0n) is 16.5. The lowest BCUT2D eigenvalue weighted by atomic mass is 10.1. The first-order valence-corrected chi connectivity index (χ1v) is 9.03. The molecule has 0 unspecified atom stereocenters. The molecule has 2 aromatic heterocycles. The maximum Gasteiger partial charge on any atom is 0.430 e. The van der Waals surface area contributed by atoms with Crippen LogP contribution in [0.15, 0.2) is 53.6 Å². The number of carbonyl (C=O) groups excluding carboxylic acids is 1. The number of carboxylic acid groups (broad SMARTS) is 1. The molecule has 0 saturated heterocycles. The highest BCUT2D eigenvalue weighted by molar-refractivity contribution is 6.07. The minimum atomic E-state index is -5.19. The van der Waals surface area contributed by atoms with E-state index < -0.39 is 12.1 Å². The summed E-state index contributed by atoms with van der Waals surface area (Å²) in [5, 5.41) is 14.1. The molecular weight excluding hydrogens is 415 g/mol. The number of hydrogen-bond donors (Lipinski definition) is 1. The molecule has 10 heteroatoms. The Morgan fingerprint density at radius 1 is 1.23 bits per heavy atom. The van der Waals surface area contributed by atoms with Crippen LogP contribution in [-0.4, -0.2) is 23.8 Å². The van der Waals surface area contributed by atoms with Gasteiger partial charge >= 0.3 is 6.18 Å². The van der Waals surface area contributed by atoms with Crippen molar-refractivity contribution in [3.8, 4) is 5.75 Å². The number of halogens is 3. The number of pyridine rings is 1. The molecule has 0 bridgehead atoms. The summed E-state index contributed by atoms with van der Waals surface area (Å²) in [4.78, 5) is 24.6. The number of alkyl halides is 3. The van der Waals surface area contributed by atoms with Crippen molar-refractivity contribution < 1.29 is 32.8 Å². The van der Waals surface area contributed by atoms with E-state index in [1.807, 2.05) is 60.4 Å². The standard InChI is InChI=1S/C19H17N3O2.C2HF3O2/c1-22-8-7-13-11-21-18-17(13)16(22)9-15(19(18)23)20-10-12-3-5-14(24-2)6-4-12;3-2(4,5)1(6)7/h3-9,11,20H,10H2,1-2H3;(H,6,7). The molecular formula is C21H18F3N3O4. The van der Waals surface area contributed by atoms with E-state index in [1.165, 1.54) is 0 Å².